The summed E-state index contributed by atoms with van der Waals surface area (Å²) in [6.45, 7) is 0. The standard InChI is InChI=1S/C19H12F3N7OS/c20-19(21,22)12-5-3-4-11(8-12)14-9-15(27-17(26-14)25-10-23)31-18-29-28-16(30-18)13-6-1-2-7-24-13/h1-10H,(H2,23,25,26,27). The number of hydrogen-bond acceptors (Lipinski definition) is 8. The van der Waals surface area contributed by atoms with Gasteiger partial charge in [0.05, 0.1) is 17.6 Å². The van der Waals surface area contributed by atoms with Gasteiger partial charge < -0.3 is 10.2 Å². The van der Waals surface area contributed by atoms with E-state index in [1.807, 2.05) is 0 Å². The molecule has 0 saturated carbocycles. The first-order valence-electron chi connectivity index (χ1n) is 8.66. The summed E-state index contributed by atoms with van der Waals surface area (Å²) < 4.78 is 44.8. The van der Waals surface area contributed by atoms with Crippen LogP contribution in [-0.4, -0.2) is 31.5 Å². The topological polar surface area (TPSA) is 116 Å². The molecule has 156 valence electrons. The zero-order chi connectivity index (χ0) is 21.8. The van der Waals surface area contributed by atoms with E-state index >= 15 is 0 Å². The van der Waals surface area contributed by atoms with Crippen LogP contribution < -0.4 is 5.73 Å². The van der Waals surface area contributed by atoms with Crippen LogP contribution in [0, 0.1) is 0 Å². The highest BCUT2D eigenvalue weighted by atomic mass is 32.2. The fraction of sp³-hybridized carbons (Fsp3) is 0.0526. The molecule has 4 aromatic rings. The number of halogens is 3. The summed E-state index contributed by atoms with van der Waals surface area (Å²) >= 11 is 1.01. The van der Waals surface area contributed by atoms with Gasteiger partial charge in [0.2, 0.25) is 0 Å². The molecule has 0 saturated heterocycles. The van der Waals surface area contributed by atoms with Crippen LogP contribution >= 0.6 is 11.8 Å². The second kappa shape index (κ2) is 8.52. The van der Waals surface area contributed by atoms with Crippen LogP contribution in [0.15, 0.2) is 74.4 Å². The van der Waals surface area contributed by atoms with Crippen molar-refractivity contribution in [3.63, 3.8) is 0 Å². The Kier molecular flexibility index (Phi) is 5.62. The third kappa shape index (κ3) is 4.86. The van der Waals surface area contributed by atoms with E-state index in [0.29, 0.717) is 10.7 Å². The number of benzene rings is 1. The second-order valence-electron chi connectivity index (χ2n) is 5.94. The van der Waals surface area contributed by atoms with Gasteiger partial charge in [0.1, 0.15) is 10.7 Å². The normalized spacial score (nSPS) is 11.8. The first kappa shape index (κ1) is 20.5. The molecule has 0 amide bonds. The molecule has 0 fully saturated rings. The van der Waals surface area contributed by atoms with Crippen LogP contribution in [0.5, 0.6) is 0 Å². The van der Waals surface area contributed by atoms with Gasteiger partial charge in [-0.15, -0.1) is 10.2 Å². The Morgan fingerprint density at radius 1 is 1.00 bits per heavy atom. The van der Waals surface area contributed by atoms with E-state index in [1.165, 1.54) is 18.2 Å². The SMILES string of the molecule is NC=Nc1nc(Sc2nnc(-c3ccccn3)o2)cc(-c2cccc(C(F)(F)F)c2)n1. The van der Waals surface area contributed by atoms with Gasteiger partial charge in [-0.1, -0.05) is 18.2 Å². The average Bonchev–Trinajstić information content (AvgIpc) is 3.22. The number of rotatable bonds is 5. The van der Waals surface area contributed by atoms with Crippen LogP contribution in [0.2, 0.25) is 0 Å². The molecule has 0 spiro atoms. The molecular weight excluding hydrogens is 431 g/mol. The third-order valence-electron chi connectivity index (χ3n) is 3.85. The van der Waals surface area contributed by atoms with Gasteiger partial charge in [-0.3, -0.25) is 4.98 Å². The van der Waals surface area contributed by atoms with Crippen LogP contribution in [0.4, 0.5) is 19.1 Å². The number of alkyl halides is 3. The van der Waals surface area contributed by atoms with E-state index in [4.69, 9.17) is 10.2 Å². The highest BCUT2D eigenvalue weighted by molar-refractivity contribution is 7.99. The maximum absolute atomic E-state index is 13.1. The Balaban J connectivity index is 1.68. The molecule has 0 aliphatic carbocycles. The van der Waals surface area contributed by atoms with E-state index in [9.17, 15) is 13.2 Å². The van der Waals surface area contributed by atoms with Crippen molar-refractivity contribution in [3.8, 4) is 22.8 Å². The second-order valence-corrected chi connectivity index (χ2v) is 6.91. The predicted molar refractivity (Wildman–Crippen MR) is 106 cm³/mol. The minimum Gasteiger partial charge on any atom is -0.409 e. The zero-order valence-corrected chi connectivity index (χ0v) is 16.3. The molecule has 0 bridgehead atoms. The number of aromatic nitrogens is 5. The molecule has 3 aromatic heterocycles. The van der Waals surface area contributed by atoms with E-state index in [-0.39, 0.29) is 28.3 Å². The molecule has 0 aliphatic heterocycles. The van der Waals surface area contributed by atoms with Crippen molar-refractivity contribution in [2.24, 2.45) is 10.7 Å². The summed E-state index contributed by atoms with van der Waals surface area (Å²) in [5, 5.41) is 8.39. The summed E-state index contributed by atoms with van der Waals surface area (Å²) in [4.78, 5) is 16.3. The Morgan fingerprint density at radius 3 is 2.61 bits per heavy atom. The van der Waals surface area contributed by atoms with E-state index < -0.39 is 11.7 Å². The molecule has 0 atom stereocenters. The number of nitrogens with two attached hydrogens (primary N) is 1. The van der Waals surface area contributed by atoms with E-state index in [1.54, 1.807) is 24.4 Å². The van der Waals surface area contributed by atoms with Crippen molar-refractivity contribution in [3.05, 3.63) is 60.3 Å². The number of hydrogen-bond donors (Lipinski definition) is 1. The van der Waals surface area contributed by atoms with Gasteiger partial charge in [-0.2, -0.15) is 13.2 Å². The smallest absolute Gasteiger partial charge is 0.409 e. The monoisotopic (exact) mass is 443 g/mol. The molecule has 12 heteroatoms. The van der Waals surface area contributed by atoms with E-state index in [0.717, 1.165) is 30.2 Å². The molecule has 2 N–H and O–H groups in total. The first-order valence-corrected chi connectivity index (χ1v) is 9.48. The summed E-state index contributed by atoms with van der Waals surface area (Å²) in [5.74, 6) is 0.194. The number of pyridine rings is 1. The van der Waals surface area contributed by atoms with Gasteiger partial charge >= 0.3 is 6.18 Å². The average molecular weight is 443 g/mol. The van der Waals surface area contributed by atoms with E-state index in [2.05, 4.69) is 30.1 Å². The molecule has 1 aromatic carbocycles. The maximum Gasteiger partial charge on any atom is 0.416 e. The number of aliphatic imine (C=N–C) groups is 1. The molecule has 3 heterocycles. The van der Waals surface area contributed by atoms with Crippen LogP contribution in [0.3, 0.4) is 0 Å². The van der Waals surface area contributed by atoms with Gasteiger partial charge in [0.15, 0.2) is 0 Å². The maximum atomic E-state index is 13.1. The lowest BCUT2D eigenvalue weighted by atomic mass is 10.1. The van der Waals surface area contributed by atoms with Gasteiger partial charge in [-0.25, -0.2) is 15.0 Å². The third-order valence-corrected chi connectivity index (χ3v) is 4.61. The Hall–Kier alpha value is -3.80. The molecule has 0 unspecified atom stereocenters. The van der Waals surface area contributed by atoms with Crippen LogP contribution in [-0.2, 0) is 6.18 Å². The lowest BCUT2D eigenvalue weighted by Gasteiger charge is -2.09. The predicted octanol–water partition coefficient (Wildman–Crippen LogP) is 4.38. The summed E-state index contributed by atoms with van der Waals surface area (Å²) in [6.07, 6.45) is -1.90. The highest BCUT2D eigenvalue weighted by Crippen LogP contribution is 2.34. The summed E-state index contributed by atoms with van der Waals surface area (Å²) in [5.41, 5.74) is 5.51. The Bertz CT molecular complexity index is 1230. The first-order chi connectivity index (χ1) is 14.9. The molecule has 8 nitrogen and oxygen atoms in total. The summed E-state index contributed by atoms with van der Waals surface area (Å²) in [7, 11) is 0. The van der Waals surface area contributed by atoms with Crippen LogP contribution in [0.1, 0.15) is 5.56 Å². The zero-order valence-electron chi connectivity index (χ0n) is 15.5. The fourth-order valence-electron chi connectivity index (χ4n) is 2.53. The van der Waals surface area contributed by atoms with Gasteiger partial charge in [0, 0.05) is 11.8 Å². The molecule has 0 radical (unpaired) electrons. The lowest BCUT2D eigenvalue weighted by molar-refractivity contribution is -0.137. The number of nitrogens with zero attached hydrogens (tertiary/aromatic N) is 6. The largest absolute Gasteiger partial charge is 0.416 e. The quantitative estimate of drug-likeness (QED) is 0.274. The molecule has 31 heavy (non-hydrogen) atoms. The van der Waals surface area contributed by atoms with Gasteiger partial charge in [0.25, 0.3) is 17.1 Å². The Morgan fingerprint density at radius 2 is 1.87 bits per heavy atom. The van der Waals surface area contributed by atoms with Crippen molar-refractivity contribution in [1.82, 2.24) is 25.1 Å². The minimum atomic E-state index is -4.48. The van der Waals surface area contributed by atoms with Crippen LogP contribution in [0.25, 0.3) is 22.8 Å². The molecule has 4 rings (SSSR count). The van der Waals surface area contributed by atoms with Crippen molar-refractivity contribution >= 4 is 24.0 Å². The summed E-state index contributed by atoms with van der Waals surface area (Å²) in [6, 6.07) is 11.5. The lowest BCUT2D eigenvalue weighted by Crippen LogP contribution is -2.04. The highest BCUT2D eigenvalue weighted by Gasteiger charge is 2.30. The minimum absolute atomic E-state index is 0.0237. The van der Waals surface area contributed by atoms with Crippen molar-refractivity contribution < 1.29 is 17.6 Å². The molecule has 0 aliphatic rings. The Labute approximate surface area is 177 Å². The van der Waals surface area contributed by atoms with Gasteiger partial charge in [-0.05, 0) is 42.1 Å². The van der Waals surface area contributed by atoms with Crippen molar-refractivity contribution in [2.75, 3.05) is 0 Å². The van der Waals surface area contributed by atoms with Crippen molar-refractivity contribution in [2.45, 2.75) is 16.4 Å². The molecular formula is C19H12F3N7OS. The fourth-order valence-corrected chi connectivity index (χ4v) is 3.20. The van der Waals surface area contributed by atoms with Crippen molar-refractivity contribution in [1.29, 1.82) is 0 Å².